The molecule has 0 amide bonds. The third-order valence-corrected chi connectivity index (χ3v) is 11.9. The molecule has 0 bridgehead atoms. The maximum Gasteiger partial charge on any atom is 0.148 e. The van der Waals surface area contributed by atoms with Crippen LogP contribution in [0.15, 0.2) is 133 Å². The first-order chi connectivity index (χ1) is 36.2. The predicted molar refractivity (Wildman–Crippen MR) is 275 cm³/mol. The Morgan fingerprint density at radius 1 is 0.621 bits per heavy atom. The van der Waals surface area contributed by atoms with Gasteiger partial charge in [0.1, 0.15) is 11.6 Å². The second-order valence-corrected chi connectivity index (χ2v) is 20.3. The summed E-state index contributed by atoms with van der Waals surface area (Å²) in [5, 5.41) is 12.5. The predicted octanol–water partition coefficient (Wildman–Crippen LogP) is 16.6. The standard InChI is InChI=1S/C61H66N3O.Pt/c1-38(2)50-37-47(27-28-48(50)40-19-16-15-17-20-40)64-54-22-18-21-49(55(54)63-57(64)51-35-46(60(9,10)11)36-52(56(51)65)61(12,13)14)42-31-43(33-45(32-42)59(6,7)8)53-34-41(29-30-62-53)39-23-25-44(26-24-39)58(3,4)5;/h15-30,32-38,65H,1-14H3;/q-1;/i3D3,4D3,5D3,23D,24D,25D,26D,38D;. The smallest absolute Gasteiger partial charge is 0.148 e. The van der Waals surface area contributed by atoms with E-state index in [9.17, 15) is 6.48 Å². The fourth-order valence-corrected chi connectivity index (χ4v) is 8.19. The Balaban J connectivity index is 0.00000924. The Morgan fingerprint density at radius 3 is 1.92 bits per heavy atom. The van der Waals surface area contributed by atoms with Crippen LogP contribution in [-0.2, 0) is 42.7 Å². The summed E-state index contributed by atoms with van der Waals surface area (Å²) >= 11 is 0. The van der Waals surface area contributed by atoms with Crippen molar-refractivity contribution in [3.05, 3.63) is 167 Å². The van der Waals surface area contributed by atoms with E-state index < -0.39 is 72.4 Å². The second-order valence-electron chi connectivity index (χ2n) is 20.3. The summed E-state index contributed by atoms with van der Waals surface area (Å²) in [5.74, 6) is -0.469. The van der Waals surface area contributed by atoms with Crippen LogP contribution in [0.3, 0.4) is 0 Å². The monoisotopic (exact) mass is 1070 g/mol. The van der Waals surface area contributed by atoms with Gasteiger partial charge in [-0.15, -0.1) is 29.3 Å². The minimum absolute atomic E-state index is 0. The molecule has 0 saturated carbocycles. The van der Waals surface area contributed by atoms with Crippen LogP contribution in [0.5, 0.6) is 5.75 Å². The number of rotatable bonds is 7. The fraction of sp³-hybridized carbons (Fsp3) is 0.311. The molecule has 0 unspecified atom stereocenters. The fourth-order valence-electron chi connectivity index (χ4n) is 8.19. The van der Waals surface area contributed by atoms with Gasteiger partial charge in [0.15, 0.2) is 0 Å². The van der Waals surface area contributed by atoms with Gasteiger partial charge < -0.3 is 5.11 Å². The van der Waals surface area contributed by atoms with Crippen molar-refractivity contribution in [1.29, 1.82) is 0 Å². The molecule has 0 aliphatic heterocycles. The molecule has 0 aliphatic rings. The average molecular weight is 1070 g/mol. The molecule has 2 aromatic heterocycles. The number of hydrogen-bond donors (Lipinski definition) is 1. The number of aromatic nitrogens is 3. The third kappa shape index (κ3) is 9.63. The van der Waals surface area contributed by atoms with Crippen molar-refractivity contribution >= 4 is 11.0 Å². The van der Waals surface area contributed by atoms with E-state index in [0.717, 1.165) is 39.1 Å². The molecule has 0 aliphatic carbocycles. The number of nitrogens with zero attached hydrogens (tertiary/aromatic N) is 3. The molecule has 8 aromatic rings. The van der Waals surface area contributed by atoms with Gasteiger partial charge in [0.05, 0.1) is 22.1 Å². The van der Waals surface area contributed by atoms with Crippen molar-refractivity contribution in [1.82, 2.24) is 14.5 Å². The van der Waals surface area contributed by atoms with E-state index in [1.54, 1.807) is 0 Å². The van der Waals surface area contributed by atoms with Crippen molar-refractivity contribution in [2.24, 2.45) is 0 Å². The number of pyridine rings is 1. The van der Waals surface area contributed by atoms with E-state index in [1.165, 1.54) is 18.3 Å². The van der Waals surface area contributed by atoms with E-state index in [4.69, 9.17) is 27.8 Å². The molecule has 0 atom stereocenters. The van der Waals surface area contributed by atoms with E-state index >= 15 is 0 Å². The van der Waals surface area contributed by atoms with E-state index in [1.807, 2.05) is 103 Å². The first kappa shape index (κ1) is 33.0. The maximum absolute atomic E-state index is 12.5. The zero-order chi connectivity index (χ0) is 58.7. The number of para-hydroxylation sites is 1. The Hall–Kier alpha value is -5.57. The number of phenols is 1. The number of imidazole rings is 1. The van der Waals surface area contributed by atoms with E-state index in [2.05, 4.69) is 74.4 Å². The Morgan fingerprint density at radius 2 is 1.29 bits per heavy atom. The van der Waals surface area contributed by atoms with Gasteiger partial charge in [-0.3, -0.25) is 9.55 Å². The number of hydrogen-bond acceptors (Lipinski definition) is 3. The molecule has 342 valence electrons. The molecular formula is C61H66N3OPt-. The first-order valence-electron chi connectivity index (χ1n) is 29.0. The van der Waals surface area contributed by atoms with E-state index in [-0.39, 0.29) is 43.4 Å². The van der Waals surface area contributed by atoms with Crippen LogP contribution in [0.25, 0.3) is 72.7 Å². The summed E-state index contributed by atoms with van der Waals surface area (Å²) in [7, 11) is 0. The SMILES string of the molecule is [2H]c1c([2H])c(C(C([2H])([2H])[2H])(C([2H])([2H])[2H])C([2H])([2H])[2H])c([2H])c([2H])c1-c1ccnc(-c2[c-]c(-c3cccc4c3nc(-c3cc(C(C)(C)C)cc(C(C)(C)C)c3O)n4-c3ccc(-c4ccccc4)c(C([2H])(C)C)c3)cc(C(C)(C)C)c2)c1.[Pt]. The number of phenolic OH excluding ortho intramolecular Hbond substituents is 1. The molecule has 6 aromatic carbocycles. The summed E-state index contributed by atoms with van der Waals surface area (Å²) in [6.45, 7) is 11.0. The molecule has 0 fully saturated rings. The Labute approximate surface area is 428 Å². The van der Waals surface area contributed by atoms with Crippen molar-refractivity contribution in [2.45, 2.75) is 124 Å². The third-order valence-electron chi connectivity index (χ3n) is 11.9. The van der Waals surface area contributed by atoms with Gasteiger partial charge in [0.25, 0.3) is 0 Å². The van der Waals surface area contributed by atoms with Gasteiger partial charge in [-0.2, -0.15) is 0 Å². The quantitative estimate of drug-likeness (QED) is 0.162. The molecule has 2 heterocycles. The number of benzene rings is 6. The topological polar surface area (TPSA) is 50.9 Å². The molecule has 1 N–H and O–H groups in total. The van der Waals surface area contributed by atoms with Crippen LogP contribution in [0, 0.1) is 6.07 Å². The summed E-state index contributed by atoms with van der Waals surface area (Å²) in [6.07, 6.45) is 1.41. The number of fused-ring (bicyclic) bond motifs is 1. The van der Waals surface area contributed by atoms with Gasteiger partial charge >= 0.3 is 0 Å². The minimum atomic E-state index is -3.82. The van der Waals surface area contributed by atoms with Crippen molar-refractivity contribution < 1.29 is 45.4 Å². The van der Waals surface area contributed by atoms with Gasteiger partial charge in [-0.1, -0.05) is 193 Å². The van der Waals surface area contributed by atoms with E-state index in [0.29, 0.717) is 44.8 Å². The summed E-state index contributed by atoms with van der Waals surface area (Å²) < 4.78 is 122. The maximum atomic E-state index is 12.5. The summed E-state index contributed by atoms with van der Waals surface area (Å²) in [5.41, 5.74) is 3.43. The van der Waals surface area contributed by atoms with Gasteiger partial charge in [-0.25, -0.2) is 4.98 Å². The molecule has 66 heavy (non-hydrogen) atoms. The molecule has 5 heteroatoms. The molecule has 0 spiro atoms. The summed E-state index contributed by atoms with van der Waals surface area (Å²) in [4.78, 5) is 10.2. The minimum Gasteiger partial charge on any atom is -0.507 e. The van der Waals surface area contributed by atoms with Crippen LogP contribution in [0.1, 0.15) is 150 Å². The van der Waals surface area contributed by atoms with Crippen LogP contribution in [0.4, 0.5) is 0 Å². The van der Waals surface area contributed by atoms with Crippen LogP contribution in [0.2, 0.25) is 0 Å². The molecule has 4 nitrogen and oxygen atoms in total. The first-order valence-corrected chi connectivity index (χ1v) is 22.0. The van der Waals surface area contributed by atoms with Gasteiger partial charge in [0, 0.05) is 57.9 Å². The average Bonchev–Trinajstić information content (AvgIpc) is 3.72. The van der Waals surface area contributed by atoms with Crippen LogP contribution in [-0.4, -0.2) is 19.6 Å². The summed E-state index contributed by atoms with van der Waals surface area (Å²) in [6, 6.07) is 32.6. The number of aromatic hydroxyl groups is 1. The van der Waals surface area contributed by atoms with Crippen molar-refractivity contribution in [2.75, 3.05) is 0 Å². The Kier molecular flexibility index (Phi) is 8.95. The zero-order valence-electron chi connectivity index (χ0n) is 53.5. The second kappa shape index (κ2) is 17.9. The van der Waals surface area contributed by atoms with Crippen molar-refractivity contribution in [3.63, 3.8) is 0 Å². The molecular weight excluding hydrogens is 986 g/mol. The molecule has 8 rings (SSSR count). The van der Waals surface area contributed by atoms with Gasteiger partial charge in [-0.05, 0) is 96.8 Å². The molecule has 0 radical (unpaired) electrons. The zero-order valence-corrected chi connectivity index (χ0v) is 41.8. The normalized spacial score (nSPS) is 16.3. The Bertz CT molecular complexity index is 3620. The van der Waals surface area contributed by atoms with Crippen molar-refractivity contribution in [3.8, 4) is 67.5 Å². The van der Waals surface area contributed by atoms with Gasteiger partial charge in [0.2, 0.25) is 0 Å². The molecule has 0 saturated heterocycles. The van der Waals surface area contributed by atoms with Crippen LogP contribution < -0.4 is 0 Å². The largest absolute Gasteiger partial charge is 0.507 e. The van der Waals surface area contributed by atoms with Crippen LogP contribution >= 0.6 is 0 Å².